The van der Waals surface area contributed by atoms with Crippen molar-refractivity contribution >= 4 is 5.97 Å². The molecule has 1 saturated carbocycles. The fourth-order valence-electron chi connectivity index (χ4n) is 5.98. The molecule has 4 aliphatic rings. The highest BCUT2D eigenvalue weighted by atomic mass is 16.5. The molecule has 1 aromatic carbocycles. The Bertz CT molecular complexity index is 811. The van der Waals surface area contributed by atoms with Crippen molar-refractivity contribution in [2.24, 2.45) is 0 Å². The molecule has 0 amide bonds. The first-order valence-corrected chi connectivity index (χ1v) is 8.55. The number of aliphatic carboxylic acids is 1. The lowest BCUT2D eigenvalue weighted by Crippen LogP contribution is -2.70. The molecule has 2 heterocycles. The normalized spacial score (nSPS) is 43.5. The molecular weight excluding hydrogens is 326 g/mol. The van der Waals surface area contributed by atoms with Gasteiger partial charge in [0.25, 0.3) is 0 Å². The van der Waals surface area contributed by atoms with Gasteiger partial charge in [-0.3, -0.25) is 0 Å². The summed E-state index contributed by atoms with van der Waals surface area (Å²) in [5.41, 5.74) is -2.55. The molecule has 2 fully saturated rings. The monoisotopic (exact) mass is 347 g/mol. The smallest absolute Gasteiger partial charge is 0.339 e. The van der Waals surface area contributed by atoms with E-state index in [0.29, 0.717) is 30.9 Å². The first-order chi connectivity index (χ1) is 11.8. The van der Waals surface area contributed by atoms with Crippen LogP contribution < -0.4 is 9.47 Å². The van der Waals surface area contributed by atoms with Crippen molar-refractivity contribution in [2.45, 2.75) is 48.0 Å². The summed E-state index contributed by atoms with van der Waals surface area (Å²) in [6, 6.07) is 3.52. The highest BCUT2D eigenvalue weighted by Crippen LogP contribution is 2.68. The number of carboxylic acid groups (broad SMARTS) is 1. The van der Waals surface area contributed by atoms with Crippen LogP contribution in [0.2, 0.25) is 0 Å². The minimum Gasteiger partial charge on any atom is -0.493 e. The number of nitrogens with zero attached hydrogens (tertiary/aromatic N) is 1. The molecule has 5 rings (SSSR count). The first-order valence-electron chi connectivity index (χ1n) is 8.55. The average Bonchev–Trinajstić information content (AvgIpc) is 3.01. The SMILES string of the molecule is COc1ccc2c3c1O[C@H]1C(O)(C(=O)O)C[C@]4(O)[C@@H](C2)N(C)CC[C@]314. The van der Waals surface area contributed by atoms with Gasteiger partial charge in [-0.05, 0) is 38.1 Å². The van der Waals surface area contributed by atoms with E-state index in [2.05, 4.69) is 4.90 Å². The second-order valence-electron chi connectivity index (χ2n) is 7.88. The quantitative estimate of drug-likeness (QED) is 0.687. The zero-order valence-corrected chi connectivity index (χ0v) is 14.2. The van der Waals surface area contributed by atoms with Crippen molar-refractivity contribution in [3.8, 4) is 11.5 Å². The second kappa shape index (κ2) is 4.28. The number of piperidine rings is 1. The van der Waals surface area contributed by atoms with E-state index < -0.39 is 28.7 Å². The van der Waals surface area contributed by atoms with Crippen molar-refractivity contribution in [1.29, 1.82) is 0 Å². The average molecular weight is 347 g/mol. The van der Waals surface area contributed by atoms with Crippen LogP contribution in [0.3, 0.4) is 0 Å². The maximum atomic E-state index is 12.0. The van der Waals surface area contributed by atoms with Crippen LogP contribution in [-0.2, 0) is 16.6 Å². The highest BCUT2D eigenvalue weighted by Gasteiger charge is 2.81. The number of likely N-dealkylation sites (N-methyl/N-ethyl adjacent to an activating group) is 1. The summed E-state index contributed by atoms with van der Waals surface area (Å²) in [6.07, 6.45) is -0.133. The van der Waals surface area contributed by atoms with Crippen LogP contribution in [0.25, 0.3) is 0 Å². The number of ether oxygens (including phenoxy) is 2. The molecular formula is C18H21NO6. The maximum Gasteiger partial charge on any atom is 0.339 e. The van der Waals surface area contributed by atoms with Gasteiger partial charge >= 0.3 is 5.97 Å². The number of carboxylic acids is 1. The molecule has 1 spiro atoms. The van der Waals surface area contributed by atoms with E-state index in [1.807, 2.05) is 19.2 Å². The Morgan fingerprint density at radius 2 is 2.16 bits per heavy atom. The summed E-state index contributed by atoms with van der Waals surface area (Å²) in [6.45, 7) is 0.707. The zero-order valence-electron chi connectivity index (χ0n) is 14.2. The van der Waals surface area contributed by atoms with Gasteiger partial charge in [0.15, 0.2) is 17.6 Å². The van der Waals surface area contributed by atoms with Crippen molar-refractivity contribution in [3.05, 3.63) is 23.3 Å². The van der Waals surface area contributed by atoms with E-state index in [1.165, 1.54) is 7.11 Å². The Kier molecular flexibility index (Phi) is 2.64. The van der Waals surface area contributed by atoms with Crippen LogP contribution in [0.4, 0.5) is 0 Å². The third kappa shape index (κ3) is 1.40. The van der Waals surface area contributed by atoms with Crippen molar-refractivity contribution in [1.82, 2.24) is 4.90 Å². The zero-order chi connectivity index (χ0) is 17.8. The van der Waals surface area contributed by atoms with Gasteiger partial charge in [-0.1, -0.05) is 6.07 Å². The van der Waals surface area contributed by atoms with Gasteiger partial charge < -0.3 is 29.7 Å². The van der Waals surface area contributed by atoms with Crippen LogP contribution in [0.1, 0.15) is 24.0 Å². The van der Waals surface area contributed by atoms with E-state index in [0.717, 1.165) is 11.1 Å². The van der Waals surface area contributed by atoms with Crippen molar-refractivity contribution in [2.75, 3.05) is 20.7 Å². The minimum atomic E-state index is -2.14. The molecule has 2 aliphatic carbocycles. The molecule has 1 unspecified atom stereocenters. The van der Waals surface area contributed by atoms with E-state index in [-0.39, 0.29) is 12.5 Å². The van der Waals surface area contributed by atoms with Gasteiger partial charge in [-0.15, -0.1) is 0 Å². The molecule has 3 N–H and O–H groups in total. The van der Waals surface area contributed by atoms with Gasteiger partial charge in [0.1, 0.15) is 0 Å². The number of hydrogen-bond donors (Lipinski definition) is 3. The van der Waals surface area contributed by atoms with Gasteiger partial charge in [0.05, 0.1) is 18.1 Å². The molecule has 7 nitrogen and oxygen atoms in total. The summed E-state index contributed by atoms with van der Waals surface area (Å²) < 4.78 is 11.5. The lowest BCUT2D eigenvalue weighted by atomic mass is 9.56. The Hall–Kier alpha value is -1.83. The lowest BCUT2D eigenvalue weighted by Gasteiger charge is -2.56. The summed E-state index contributed by atoms with van der Waals surface area (Å²) in [5.74, 6) is -0.364. The van der Waals surface area contributed by atoms with E-state index >= 15 is 0 Å². The van der Waals surface area contributed by atoms with Crippen LogP contribution in [0.15, 0.2) is 12.1 Å². The van der Waals surface area contributed by atoms with E-state index in [9.17, 15) is 20.1 Å². The molecule has 7 heteroatoms. The molecule has 0 aromatic heterocycles. The number of likely N-dealkylation sites (tertiary alicyclic amines) is 1. The van der Waals surface area contributed by atoms with Crippen LogP contribution in [-0.4, -0.2) is 70.2 Å². The summed E-state index contributed by atoms with van der Waals surface area (Å²) in [7, 11) is 3.47. The van der Waals surface area contributed by atoms with Gasteiger partial charge in [0, 0.05) is 18.0 Å². The number of rotatable bonds is 2. The molecule has 1 aromatic rings. The topological polar surface area (TPSA) is 99.5 Å². The van der Waals surface area contributed by atoms with Crippen LogP contribution >= 0.6 is 0 Å². The first kappa shape index (κ1) is 15.4. The predicted molar refractivity (Wildman–Crippen MR) is 86.0 cm³/mol. The fourth-order valence-corrected chi connectivity index (χ4v) is 5.98. The Morgan fingerprint density at radius 3 is 2.84 bits per heavy atom. The largest absolute Gasteiger partial charge is 0.493 e. The fraction of sp³-hybridized carbons (Fsp3) is 0.611. The Balaban J connectivity index is 1.86. The summed E-state index contributed by atoms with van der Waals surface area (Å²) >= 11 is 0. The summed E-state index contributed by atoms with van der Waals surface area (Å²) in [5, 5.41) is 32.6. The molecule has 2 bridgehead atoms. The minimum absolute atomic E-state index is 0.231. The van der Waals surface area contributed by atoms with Gasteiger partial charge in [-0.25, -0.2) is 4.79 Å². The van der Waals surface area contributed by atoms with Gasteiger partial charge in [-0.2, -0.15) is 0 Å². The summed E-state index contributed by atoms with van der Waals surface area (Å²) in [4.78, 5) is 14.0. The van der Waals surface area contributed by atoms with Crippen molar-refractivity contribution in [3.63, 3.8) is 0 Å². The number of benzene rings is 1. The Labute approximate surface area is 144 Å². The van der Waals surface area contributed by atoms with Crippen molar-refractivity contribution < 1.29 is 29.6 Å². The van der Waals surface area contributed by atoms with Crippen LogP contribution in [0.5, 0.6) is 11.5 Å². The number of methoxy groups -OCH3 is 1. The number of aliphatic hydroxyl groups is 2. The number of hydrogen-bond acceptors (Lipinski definition) is 6. The molecule has 25 heavy (non-hydrogen) atoms. The number of carbonyl (C=O) groups is 1. The molecule has 1 saturated heterocycles. The second-order valence-corrected chi connectivity index (χ2v) is 7.88. The standard InChI is InChI=1S/C18H21NO6/c1-19-6-5-16-12-9-3-4-10(24-2)13(12)25-14(16)17(22,15(20)21)8-18(16,23)11(19)7-9/h3-4,11,14,22-23H,5-8H2,1-2H3,(H,20,21)/t11-,14-,16+,17?,18+/m1/s1. The Morgan fingerprint density at radius 1 is 1.40 bits per heavy atom. The lowest BCUT2D eigenvalue weighted by molar-refractivity contribution is -0.167. The highest BCUT2D eigenvalue weighted by molar-refractivity contribution is 5.82. The molecule has 2 aliphatic heterocycles. The third-order valence-electron chi connectivity index (χ3n) is 7.03. The predicted octanol–water partition coefficient (Wildman–Crippen LogP) is -0.0953. The van der Waals surface area contributed by atoms with Crippen LogP contribution in [0, 0.1) is 0 Å². The maximum absolute atomic E-state index is 12.0. The van der Waals surface area contributed by atoms with E-state index in [4.69, 9.17) is 9.47 Å². The van der Waals surface area contributed by atoms with E-state index in [1.54, 1.807) is 0 Å². The third-order valence-corrected chi connectivity index (χ3v) is 7.03. The van der Waals surface area contributed by atoms with Gasteiger partial charge in [0.2, 0.25) is 5.60 Å². The molecule has 5 atom stereocenters. The molecule has 134 valence electrons. The molecule has 0 radical (unpaired) electrons.